The van der Waals surface area contributed by atoms with Crippen LogP contribution in [0, 0.1) is 0 Å². The van der Waals surface area contributed by atoms with Gasteiger partial charge in [-0.3, -0.25) is 0 Å². The molecule has 1 aromatic rings. The molecule has 0 spiro atoms. The number of benzene rings is 1. The fraction of sp³-hybridized carbons (Fsp3) is 0.600. The molecular formula is C15H23NO2. The van der Waals surface area contributed by atoms with Crippen molar-refractivity contribution in [3.63, 3.8) is 0 Å². The van der Waals surface area contributed by atoms with E-state index >= 15 is 0 Å². The molecule has 0 saturated carbocycles. The van der Waals surface area contributed by atoms with Gasteiger partial charge in [0.05, 0.1) is 5.60 Å². The minimum absolute atomic E-state index is 0.0211. The molecule has 100 valence electrons. The van der Waals surface area contributed by atoms with Crippen LogP contribution < -0.4 is 5.32 Å². The van der Waals surface area contributed by atoms with E-state index in [1.54, 1.807) is 0 Å². The molecule has 3 heteroatoms. The molecule has 2 N–H and O–H groups in total. The molecule has 1 aromatic carbocycles. The number of hydrogen-bond acceptors (Lipinski definition) is 3. The fourth-order valence-electron chi connectivity index (χ4n) is 2.49. The fourth-order valence-corrected chi connectivity index (χ4v) is 2.49. The monoisotopic (exact) mass is 249 g/mol. The summed E-state index contributed by atoms with van der Waals surface area (Å²) >= 11 is 0. The second-order valence-corrected chi connectivity index (χ2v) is 5.61. The lowest BCUT2D eigenvalue weighted by molar-refractivity contribution is -0.0553. The summed E-state index contributed by atoms with van der Waals surface area (Å²) in [6.45, 7) is 5.32. The summed E-state index contributed by atoms with van der Waals surface area (Å²) in [5, 5.41) is 12.4. The first-order valence-electron chi connectivity index (χ1n) is 6.69. The van der Waals surface area contributed by atoms with Gasteiger partial charge in [0.15, 0.2) is 0 Å². The summed E-state index contributed by atoms with van der Waals surface area (Å²) in [7, 11) is 0. The standard InChI is InChI=1S/C15H23NO2/c1-15(2)11-14(8-10-18-15)16-13-5-3-12(4-6-13)7-9-17/h3-6,14,16-17H,7-11H2,1-2H3. The van der Waals surface area contributed by atoms with Crippen molar-refractivity contribution in [1.82, 2.24) is 0 Å². The van der Waals surface area contributed by atoms with Crippen molar-refractivity contribution in [3.8, 4) is 0 Å². The molecule has 0 amide bonds. The lowest BCUT2D eigenvalue weighted by atomic mass is 9.94. The minimum atomic E-state index is -0.0211. The van der Waals surface area contributed by atoms with Gasteiger partial charge in [0.2, 0.25) is 0 Å². The Bertz CT molecular complexity index is 373. The molecule has 1 saturated heterocycles. The molecule has 0 aromatic heterocycles. The van der Waals surface area contributed by atoms with Gasteiger partial charge in [-0.05, 0) is 50.8 Å². The van der Waals surface area contributed by atoms with Crippen LogP contribution >= 0.6 is 0 Å². The molecule has 2 rings (SSSR count). The summed E-state index contributed by atoms with van der Waals surface area (Å²) in [5.74, 6) is 0. The Labute approximate surface area is 109 Å². The van der Waals surface area contributed by atoms with E-state index in [4.69, 9.17) is 9.84 Å². The largest absolute Gasteiger partial charge is 0.396 e. The Morgan fingerprint density at radius 2 is 2.06 bits per heavy atom. The van der Waals surface area contributed by atoms with E-state index in [2.05, 4.69) is 43.4 Å². The Hall–Kier alpha value is -1.06. The number of ether oxygens (including phenoxy) is 1. The summed E-state index contributed by atoms with van der Waals surface area (Å²) in [6, 6.07) is 8.81. The van der Waals surface area contributed by atoms with E-state index in [1.807, 2.05) is 0 Å². The van der Waals surface area contributed by atoms with Gasteiger partial charge in [-0.2, -0.15) is 0 Å². The highest BCUT2D eigenvalue weighted by atomic mass is 16.5. The van der Waals surface area contributed by atoms with Gasteiger partial charge < -0.3 is 15.2 Å². The van der Waals surface area contributed by atoms with E-state index in [-0.39, 0.29) is 12.2 Å². The van der Waals surface area contributed by atoms with Crippen molar-refractivity contribution in [1.29, 1.82) is 0 Å². The summed E-state index contributed by atoms with van der Waals surface area (Å²) in [5.41, 5.74) is 2.31. The topological polar surface area (TPSA) is 41.5 Å². The molecule has 0 bridgehead atoms. The summed E-state index contributed by atoms with van der Waals surface area (Å²) in [6.07, 6.45) is 2.82. The Kier molecular flexibility index (Phi) is 4.25. The van der Waals surface area contributed by atoms with Crippen LogP contribution in [0.2, 0.25) is 0 Å². The minimum Gasteiger partial charge on any atom is -0.396 e. The van der Waals surface area contributed by atoms with Crippen LogP contribution in [0.3, 0.4) is 0 Å². The van der Waals surface area contributed by atoms with Crippen molar-refractivity contribution in [2.45, 2.75) is 44.8 Å². The predicted molar refractivity (Wildman–Crippen MR) is 73.9 cm³/mol. The molecule has 1 aliphatic heterocycles. The molecular weight excluding hydrogens is 226 g/mol. The number of nitrogens with one attached hydrogen (secondary N) is 1. The lowest BCUT2D eigenvalue weighted by Crippen LogP contribution is -2.40. The van der Waals surface area contributed by atoms with Crippen LogP contribution in [0.1, 0.15) is 32.3 Å². The zero-order valence-electron chi connectivity index (χ0n) is 11.3. The van der Waals surface area contributed by atoms with Crippen LogP contribution in [-0.4, -0.2) is 30.0 Å². The van der Waals surface area contributed by atoms with Crippen LogP contribution in [0.15, 0.2) is 24.3 Å². The van der Waals surface area contributed by atoms with Crippen LogP contribution in [0.25, 0.3) is 0 Å². The zero-order chi connectivity index (χ0) is 13.0. The predicted octanol–water partition coefficient (Wildman–Crippen LogP) is 2.59. The smallest absolute Gasteiger partial charge is 0.0646 e. The van der Waals surface area contributed by atoms with Gasteiger partial charge in [-0.1, -0.05) is 12.1 Å². The lowest BCUT2D eigenvalue weighted by Gasteiger charge is -2.36. The molecule has 18 heavy (non-hydrogen) atoms. The summed E-state index contributed by atoms with van der Waals surface area (Å²) in [4.78, 5) is 0. The van der Waals surface area contributed by atoms with Gasteiger partial charge in [0.25, 0.3) is 0 Å². The first kappa shape index (κ1) is 13.4. The highest BCUT2D eigenvalue weighted by Crippen LogP contribution is 2.26. The maximum Gasteiger partial charge on any atom is 0.0646 e. The highest BCUT2D eigenvalue weighted by Gasteiger charge is 2.28. The molecule has 3 nitrogen and oxygen atoms in total. The molecule has 1 unspecified atom stereocenters. The van der Waals surface area contributed by atoms with E-state index in [1.165, 1.54) is 5.56 Å². The van der Waals surface area contributed by atoms with Gasteiger partial charge in [-0.25, -0.2) is 0 Å². The van der Waals surface area contributed by atoms with Crippen LogP contribution in [-0.2, 0) is 11.2 Å². The number of anilines is 1. The van der Waals surface area contributed by atoms with Crippen molar-refractivity contribution >= 4 is 5.69 Å². The number of aliphatic hydroxyl groups is 1. The quantitative estimate of drug-likeness (QED) is 0.862. The number of rotatable bonds is 4. The third-order valence-electron chi connectivity index (χ3n) is 3.42. The second kappa shape index (κ2) is 5.72. The third-order valence-corrected chi connectivity index (χ3v) is 3.42. The van der Waals surface area contributed by atoms with Crippen LogP contribution in [0.5, 0.6) is 0 Å². The summed E-state index contributed by atoms with van der Waals surface area (Å²) < 4.78 is 5.72. The molecule has 1 aliphatic rings. The van der Waals surface area contributed by atoms with E-state index in [0.717, 1.165) is 31.6 Å². The van der Waals surface area contributed by atoms with Crippen molar-refractivity contribution < 1.29 is 9.84 Å². The Morgan fingerprint density at radius 1 is 1.33 bits per heavy atom. The van der Waals surface area contributed by atoms with Crippen molar-refractivity contribution in [2.24, 2.45) is 0 Å². The average molecular weight is 249 g/mol. The van der Waals surface area contributed by atoms with Gasteiger partial charge in [0, 0.05) is 24.9 Å². The van der Waals surface area contributed by atoms with Crippen LogP contribution in [0.4, 0.5) is 5.69 Å². The Balaban J connectivity index is 1.92. The van der Waals surface area contributed by atoms with Gasteiger partial charge in [0.1, 0.15) is 0 Å². The van der Waals surface area contributed by atoms with Gasteiger partial charge >= 0.3 is 0 Å². The third kappa shape index (κ3) is 3.72. The number of hydrogen-bond donors (Lipinski definition) is 2. The number of aliphatic hydroxyl groups excluding tert-OH is 1. The molecule has 1 atom stereocenters. The first-order valence-corrected chi connectivity index (χ1v) is 6.69. The normalized spacial score (nSPS) is 22.7. The Morgan fingerprint density at radius 3 is 2.67 bits per heavy atom. The molecule has 1 fully saturated rings. The molecule has 0 radical (unpaired) electrons. The first-order chi connectivity index (χ1) is 8.59. The van der Waals surface area contributed by atoms with E-state index < -0.39 is 0 Å². The van der Waals surface area contributed by atoms with Crippen molar-refractivity contribution in [2.75, 3.05) is 18.5 Å². The molecule has 0 aliphatic carbocycles. The van der Waals surface area contributed by atoms with E-state index in [0.29, 0.717) is 6.04 Å². The maximum absolute atomic E-state index is 8.88. The second-order valence-electron chi connectivity index (χ2n) is 5.61. The van der Waals surface area contributed by atoms with Gasteiger partial charge in [-0.15, -0.1) is 0 Å². The maximum atomic E-state index is 8.88. The molecule has 1 heterocycles. The highest BCUT2D eigenvalue weighted by molar-refractivity contribution is 5.45. The van der Waals surface area contributed by atoms with Crippen molar-refractivity contribution in [3.05, 3.63) is 29.8 Å². The van der Waals surface area contributed by atoms with E-state index in [9.17, 15) is 0 Å². The SMILES string of the molecule is CC1(C)CC(Nc2ccc(CCO)cc2)CCO1. The zero-order valence-corrected chi connectivity index (χ0v) is 11.3. The average Bonchev–Trinajstić information content (AvgIpc) is 2.31.